The molecule has 0 spiro atoms. The molecular formula is C17H24O4. The average molecular weight is 292 g/mol. The van der Waals surface area contributed by atoms with Gasteiger partial charge in [-0.1, -0.05) is 19.8 Å². The lowest BCUT2D eigenvalue weighted by molar-refractivity contribution is -0.144. The van der Waals surface area contributed by atoms with Crippen molar-refractivity contribution in [1.29, 1.82) is 0 Å². The first-order chi connectivity index (χ1) is 10.0. The quantitative estimate of drug-likeness (QED) is 0.417. The fraction of sp³-hybridized carbons (Fsp3) is 0.588. The maximum absolute atomic E-state index is 12.2. The predicted molar refractivity (Wildman–Crippen MR) is 80.6 cm³/mol. The van der Waals surface area contributed by atoms with Crippen LogP contribution < -0.4 is 9.47 Å². The summed E-state index contributed by atoms with van der Waals surface area (Å²) in [7, 11) is 0. The number of esters is 1. The number of rotatable bonds is 8. The molecular weight excluding hydrogens is 268 g/mol. The summed E-state index contributed by atoms with van der Waals surface area (Å²) in [5.41, 5.74) is -0.450. The van der Waals surface area contributed by atoms with Crippen LogP contribution in [0.2, 0.25) is 0 Å². The van der Waals surface area contributed by atoms with Crippen molar-refractivity contribution in [3.8, 4) is 11.5 Å². The molecule has 116 valence electrons. The zero-order chi connectivity index (χ0) is 15.3. The predicted octanol–water partition coefficient (Wildman–Crippen LogP) is 3.59. The molecule has 1 atom stereocenters. The number of ether oxygens (including phenoxy) is 3. The van der Waals surface area contributed by atoms with Crippen molar-refractivity contribution in [3.05, 3.63) is 24.3 Å². The maximum Gasteiger partial charge on any atom is 0.316 e. The Morgan fingerprint density at radius 3 is 2.48 bits per heavy atom. The van der Waals surface area contributed by atoms with Gasteiger partial charge in [0.05, 0.1) is 12.0 Å². The van der Waals surface area contributed by atoms with Crippen LogP contribution in [0.5, 0.6) is 11.5 Å². The van der Waals surface area contributed by atoms with Gasteiger partial charge in [-0.25, -0.2) is 0 Å². The molecule has 2 rings (SSSR count). The largest absolute Gasteiger partial charge is 0.491 e. The minimum absolute atomic E-state index is 0.184. The smallest absolute Gasteiger partial charge is 0.316 e. The Balaban J connectivity index is 1.85. The molecule has 21 heavy (non-hydrogen) atoms. The first-order valence-corrected chi connectivity index (χ1v) is 7.58. The molecule has 1 unspecified atom stereocenters. The molecule has 1 aliphatic rings. The van der Waals surface area contributed by atoms with Crippen LogP contribution in [0.1, 0.15) is 40.0 Å². The lowest BCUT2D eigenvalue weighted by Gasteiger charge is -2.22. The van der Waals surface area contributed by atoms with Crippen molar-refractivity contribution < 1.29 is 19.0 Å². The summed E-state index contributed by atoms with van der Waals surface area (Å²) in [6.07, 6.45) is 3.18. The minimum atomic E-state index is -0.450. The Morgan fingerprint density at radius 2 is 1.90 bits per heavy atom. The Hall–Kier alpha value is -1.55. The Bertz CT molecular complexity index is 460. The van der Waals surface area contributed by atoms with E-state index in [-0.39, 0.29) is 12.1 Å². The van der Waals surface area contributed by atoms with Crippen molar-refractivity contribution in [2.24, 2.45) is 5.41 Å². The second kappa shape index (κ2) is 6.94. The normalized spacial score (nSPS) is 17.4. The van der Waals surface area contributed by atoms with Gasteiger partial charge in [0.2, 0.25) is 0 Å². The molecule has 4 nitrogen and oxygen atoms in total. The molecule has 1 aromatic carbocycles. The number of unbranched alkanes of at least 4 members (excludes halogenated alkanes) is 1. The number of epoxide rings is 1. The fourth-order valence-electron chi connectivity index (χ4n) is 1.92. The fourth-order valence-corrected chi connectivity index (χ4v) is 1.92. The molecule has 0 radical (unpaired) electrons. The number of hydrogen-bond donors (Lipinski definition) is 0. The van der Waals surface area contributed by atoms with E-state index in [1.165, 1.54) is 0 Å². The third-order valence-electron chi connectivity index (χ3n) is 3.58. The van der Waals surface area contributed by atoms with Crippen LogP contribution in [0.15, 0.2) is 24.3 Å². The summed E-state index contributed by atoms with van der Waals surface area (Å²) in [6.45, 7) is 7.33. The molecule has 4 heteroatoms. The van der Waals surface area contributed by atoms with Gasteiger partial charge in [0.1, 0.15) is 24.2 Å². The third-order valence-corrected chi connectivity index (χ3v) is 3.58. The number of benzene rings is 1. The molecule has 0 saturated carbocycles. The summed E-state index contributed by atoms with van der Waals surface area (Å²) in [5, 5.41) is 0. The zero-order valence-corrected chi connectivity index (χ0v) is 13.1. The first-order valence-electron chi connectivity index (χ1n) is 7.58. The Morgan fingerprint density at radius 1 is 1.29 bits per heavy atom. The van der Waals surface area contributed by atoms with Gasteiger partial charge in [0, 0.05) is 0 Å². The summed E-state index contributed by atoms with van der Waals surface area (Å²) in [5.74, 6) is 1.13. The van der Waals surface area contributed by atoms with E-state index in [0.29, 0.717) is 12.4 Å². The molecule has 1 saturated heterocycles. The third kappa shape index (κ3) is 5.05. The van der Waals surface area contributed by atoms with Crippen molar-refractivity contribution in [3.63, 3.8) is 0 Å². The zero-order valence-electron chi connectivity index (χ0n) is 13.1. The highest BCUT2D eigenvalue weighted by atomic mass is 16.6. The lowest BCUT2D eigenvalue weighted by Crippen LogP contribution is -2.28. The van der Waals surface area contributed by atoms with E-state index in [1.54, 1.807) is 12.1 Å². The van der Waals surface area contributed by atoms with Crippen LogP contribution in [0.4, 0.5) is 0 Å². The van der Waals surface area contributed by atoms with Crippen LogP contribution >= 0.6 is 0 Å². The second-order valence-electron chi connectivity index (χ2n) is 6.11. The van der Waals surface area contributed by atoms with Gasteiger partial charge in [-0.15, -0.1) is 0 Å². The van der Waals surface area contributed by atoms with Gasteiger partial charge >= 0.3 is 5.97 Å². The molecule has 0 N–H and O–H groups in total. The molecule has 1 aliphatic heterocycles. The van der Waals surface area contributed by atoms with E-state index in [4.69, 9.17) is 14.2 Å². The highest BCUT2D eigenvalue weighted by Crippen LogP contribution is 2.27. The Kier molecular flexibility index (Phi) is 5.23. The molecule has 1 fully saturated rings. The van der Waals surface area contributed by atoms with Crippen molar-refractivity contribution in [1.82, 2.24) is 0 Å². The lowest BCUT2D eigenvalue weighted by atomic mass is 9.87. The van der Waals surface area contributed by atoms with E-state index in [2.05, 4.69) is 6.92 Å². The van der Waals surface area contributed by atoms with Crippen molar-refractivity contribution >= 4 is 5.97 Å². The summed E-state index contributed by atoms with van der Waals surface area (Å²) in [4.78, 5) is 12.2. The van der Waals surface area contributed by atoms with E-state index in [0.717, 1.165) is 31.6 Å². The van der Waals surface area contributed by atoms with Crippen molar-refractivity contribution in [2.75, 3.05) is 13.2 Å². The maximum atomic E-state index is 12.2. The number of hydrogen-bond acceptors (Lipinski definition) is 4. The topological polar surface area (TPSA) is 48.1 Å². The molecule has 1 aromatic rings. The van der Waals surface area contributed by atoms with Crippen LogP contribution in [-0.2, 0) is 9.53 Å². The molecule has 0 bridgehead atoms. The van der Waals surface area contributed by atoms with Gasteiger partial charge in [-0.3, -0.25) is 4.79 Å². The SMILES string of the molecule is CCCCC(C)(C)C(=O)Oc1ccc(OCC2CO2)cc1. The van der Waals surface area contributed by atoms with E-state index >= 15 is 0 Å². The molecule has 0 aromatic heterocycles. The summed E-state index contributed by atoms with van der Waals surface area (Å²) < 4.78 is 16.1. The number of carbonyl (C=O) groups excluding carboxylic acids is 1. The highest BCUT2D eigenvalue weighted by molar-refractivity contribution is 5.78. The standard InChI is InChI=1S/C17H24O4/c1-4-5-10-17(2,3)16(18)21-14-8-6-13(7-9-14)19-11-15-12-20-15/h6-9,15H,4-5,10-12H2,1-3H3. The average Bonchev–Trinajstić information content (AvgIpc) is 3.28. The van der Waals surface area contributed by atoms with E-state index in [1.807, 2.05) is 26.0 Å². The van der Waals surface area contributed by atoms with Crippen LogP contribution in [0.3, 0.4) is 0 Å². The second-order valence-corrected chi connectivity index (χ2v) is 6.11. The summed E-state index contributed by atoms with van der Waals surface area (Å²) in [6, 6.07) is 7.14. The van der Waals surface area contributed by atoms with E-state index in [9.17, 15) is 4.79 Å². The van der Waals surface area contributed by atoms with Crippen LogP contribution in [-0.4, -0.2) is 25.3 Å². The number of carbonyl (C=O) groups is 1. The highest BCUT2D eigenvalue weighted by Gasteiger charge is 2.29. The van der Waals surface area contributed by atoms with Gasteiger partial charge in [-0.2, -0.15) is 0 Å². The van der Waals surface area contributed by atoms with Gasteiger partial charge in [0.15, 0.2) is 0 Å². The van der Waals surface area contributed by atoms with Gasteiger partial charge < -0.3 is 14.2 Å². The van der Waals surface area contributed by atoms with Crippen LogP contribution in [0, 0.1) is 5.41 Å². The molecule has 0 aliphatic carbocycles. The summed E-state index contributed by atoms with van der Waals surface area (Å²) >= 11 is 0. The van der Waals surface area contributed by atoms with Gasteiger partial charge in [0.25, 0.3) is 0 Å². The first kappa shape index (κ1) is 15.8. The van der Waals surface area contributed by atoms with Crippen molar-refractivity contribution in [2.45, 2.75) is 46.1 Å². The van der Waals surface area contributed by atoms with Gasteiger partial charge in [-0.05, 0) is 44.5 Å². The molecule has 0 amide bonds. The van der Waals surface area contributed by atoms with E-state index < -0.39 is 5.41 Å². The Labute approximate surface area is 126 Å². The minimum Gasteiger partial charge on any atom is -0.491 e. The van der Waals surface area contributed by atoms with Crippen LogP contribution in [0.25, 0.3) is 0 Å². The monoisotopic (exact) mass is 292 g/mol. The molecule has 1 heterocycles.